The van der Waals surface area contributed by atoms with Gasteiger partial charge in [-0.3, -0.25) is 13.9 Å². The zero-order valence-corrected chi connectivity index (χ0v) is 20.3. The standard InChI is InChI=1S/C24H25ClN8O3/c1-2-19(34)31-12-4-5-17(13-31)33-23-20(21(26)27-14-28-23)32(24(33)35)16-9-7-15(8-10-16)22-29-18(36-30-22)6-3-11-25/h2,7-10,14,17H,1,3-6,11-13H2,(H2,26,27,28)/t17-/m1/s1. The summed E-state index contributed by atoms with van der Waals surface area (Å²) in [5.41, 5.74) is 8.11. The first-order valence-electron chi connectivity index (χ1n) is 11.7. The number of piperidine rings is 1. The lowest BCUT2D eigenvalue weighted by Crippen LogP contribution is -2.42. The first kappa shape index (κ1) is 23.7. The predicted molar refractivity (Wildman–Crippen MR) is 135 cm³/mol. The highest BCUT2D eigenvalue weighted by Gasteiger charge is 2.29. The van der Waals surface area contributed by atoms with E-state index in [0.29, 0.717) is 54.0 Å². The number of hydrogen-bond acceptors (Lipinski definition) is 8. The summed E-state index contributed by atoms with van der Waals surface area (Å²) < 4.78 is 8.41. The molecule has 3 aromatic heterocycles. The van der Waals surface area contributed by atoms with E-state index < -0.39 is 0 Å². The van der Waals surface area contributed by atoms with Gasteiger partial charge in [-0.05, 0) is 49.6 Å². The van der Waals surface area contributed by atoms with Gasteiger partial charge in [0.25, 0.3) is 0 Å². The molecule has 0 saturated carbocycles. The van der Waals surface area contributed by atoms with E-state index in [1.54, 1.807) is 21.6 Å². The average Bonchev–Trinajstić information content (AvgIpc) is 3.50. The van der Waals surface area contributed by atoms with Gasteiger partial charge in [-0.2, -0.15) is 4.98 Å². The van der Waals surface area contributed by atoms with Crippen molar-refractivity contribution in [2.45, 2.75) is 31.7 Å². The van der Waals surface area contributed by atoms with Crippen LogP contribution in [0.4, 0.5) is 5.82 Å². The fourth-order valence-electron chi connectivity index (χ4n) is 4.58. The highest BCUT2D eigenvalue weighted by atomic mass is 35.5. The fourth-order valence-corrected chi connectivity index (χ4v) is 4.72. The Morgan fingerprint density at radius 3 is 2.83 bits per heavy atom. The fraction of sp³-hybridized carbons (Fsp3) is 0.333. The van der Waals surface area contributed by atoms with Gasteiger partial charge in [0.1, 0.15) is 11.8 Å². The van der Waals surface area contributed by atoms with E-state index in [1.807, 2.05) is 12.1 Å². The highest BCUT2D eigenvalue weighted by molar-refractivity contribution is 6.17. The monoisotopic (exact) mass is 508 g/mol. The smallest absolute Gasteiger partial charge is 0.335 e. The molecule has 0 unspecified atom stereocenters. The second kappa shape index (κ2) is 9.94. The van der Waals surface area contributed by atoms with Crippen LogP contribution in [-0.4, -0.2) is 59.0 Å². The van der Waals surface area contributed by atoms with Crippen molar-refractivity contribution in [1.29, 1.82) is 0 Å². The molecular formula is C24H25ClN8O3. The van der Waals surface area contributed by atoms with Crippen LogP contribution in [0.5, 0.6) is 0 Å². The Balaban J connectivity index is 1.54. The van der Waals surface area contributed by atoms with Crippen LogP contribution in [0, 0.1) is 0 Å². The van der Waals surface area contributed by atoms with Gasteiger partial charge in [-0.25, -0.2) is 14.8 Å². The topological polar surface area (TPSA) is 138 Å². The van der Waals surface area contributed by atoms with Crippen LogP contribution in [0.2, 0.25) is 0 Å². The number of nitrogens with zero attached hydrogens (tertiary/aromatic N) is 7. The highest BCUT2D eigenvalue weighted by Crippen LogP contribution is 2.28. The molecule has 1 saturated heterocycles. The van der Waals surface area contributed by atoms with Gasteiger partial charge in [0.15, 0.2) is 11.5 Å². The number of rotatable bonds is 7. The van der Waals surface area contributed by atoms with E-state index in [2.05, 4.69) is 26.7 Å². The summed E-state index contributed by atoms with van der Waals surface area (Å²) in [5, 5.41) is 4.04. The summed E-state index contributed by atoms with van der Waals surface area (Å²) in [6.07, 6.45) is 5.48. The minimum absolute atomic E-state index is 0.159. The van der Waals surface area contributed by atoms with E-state index >= 15 is 0 Å². The molecule has 1 aliphatic heterocycles. The Bertz CT molecular complexity index is 1470. The molecule has 0 bridgehead atoms. The van der Waals surface area contributed by atoms with E-state index in [1.165, 1.54) is 17.0 Å². The minimum atomic E-state index is -0.300. The lowest BCUT2D eigenvalue weighted by atomic mass is 10.1. The zero-order chi connectivity index (χ0) is 25.2. The number of alkyl halides is 1. The molecular weight excluding hydrogens is 484 g/mol. The van der Waals surface area contributed by atoms with Crippen LogP contribution < -0.4 is 11.4 Å². The number of hydrogen-bond donors (Lipinski definition) is 1. The summed E-state index contributed by atoms with van der Waals surface area (Å²) in [4.78, 5) is 40.6. The van der Waals surface area contributed by atoms with Crippen LogP contribution in [0.1, 0.15) is 31.2 Å². The van der Waals surface area contributed by atoms with E-state index in [9.17, 15) is 9.59 Å². The van der Waals surface area contributed by atoms with Gasteiger partial charge < -0.3 is 15.2 Å². The molecule has 11 nitrogen and oxygen atoms in total. The number of fused-ring (bicyclic) bond motifs is 1. The number of imidazole rings is 1. The van der Waals surface area contributed by atoms with Crippen molar-refractivity contribution < 1.29 is 9.32 Å². The van der Waals surface area contributed by atoms with Crippen molar-refractivity contribution >= 4 is 34.5 Å². The molecule has 36 heavy (non-hydrogen) atoms. The maximum Gasteiger partial charge on any atom is 0.335 e. The number of amides is 1. The third-order valence-electron chi connectivity index (χ3n) is 6.30. The third kappa shape index (κ3) is 4.26. The minimum Gasteiger partial charge on any atom is -0.382 e. The molecule has 1 atom stereocenters. The first-order valence-corrected chi connectivity index (χ1v) is 12.2. The summed E-state index contributed by atoms with van der Waals surface area (Å²) >= 11 is 5.74. The number of anilines is 1. The number of nitrogen functional groups attached to an aromatic ring is 1. The Labute approximate surface area is 211 Å². The summed E-state index contributed by atoms with van der Waals surface area (Å²) in [5.74, 6) is 1.53. The molecule has 1 amide bonds. The molecule has 1 fully saturated rings. The predicted octanol–water partition coefficient (Wildman–Crippen LogP) is 2.74. The van der Waals surface area contributed by atoms with Crippen molar-refractivity contribution in [3.63, 3.8) is 0 Å². The Hall–Kier alpha value is -3.99. The van der Waals surface area contributed by atoms with Crippen LogP contribution in [-0.2, 0) is 11.2 Å². The van der Waals surface area contributed by atoms with Crippen molar-refractivity contribution in [3.05, 3.63) is 59.6 Å². The largest absolute Gasteiger partial charge is 0.382 e. The van der Waals surface area contributed by atoms with Crippen LogP contribution in [0.25, 0.3) is 28.2 Å². The summed E-state index contributed by atoms with van der Waals surface area (Å²) in [7, 11) is 0. The zero-order valence-electron chi connectivity index (χ0n) is 19.5. The van der Waals surface area contributed by atoms with E-state index in [4.69, 9.17) is 21.9 Å². The Morgan fingerprint density at radius 1 is 1.28 bits per heavy atom. The second-order valence-corrected chi connectivity index (χ2v) is 8.93. The molecule has 1 aliphatic rings. The number of aromatic nitrogens is 6. The lowest BCUT2D eigenvalue weighted by Gasteiger charge is -2.32. The van der Waals surface area contributed by atoms with E-state index in [-0.39, 0.29) is 23.5 Å². The lowest BCUT2D eigenvalue weighted by molar-refractivity contribution is -0.127. The molecule has 12 heteroatoms. The average molecular weight is 509 g/mol. The van der Waals surface area contributed by atoms with E-state index in [0.717, 1.165) is 24.8 Å². The van der Waals surface area contributed by atoms with Gasteiger partial charge in [-0.15, -0.1) is 11.6 Å². The van der Waals surface area contributed by atoms with Gasteiger partial charge in [0, 0.05) is 31.0 Å². The van der Waals surface area contributed by atoms with Crippen LogP contribution >= 0.6 is 11.6 Å². The summed E-state index contributed by atoms with van der Waals surface area (Å²) in [6.45, 7) is 4.59. The van der Waals surface area contributed by atoms with Crippen LogP contribution in [0.3, 0.4) is 0 Å². The first-order chi connectivity index (χ1) is 17.5. The number of halogens is 1. The maximum absolute atomic E-state index is 13.8. The van der Waals surface area contributed by atoms with Crippen molar-refractivity contribution in [2.75, 3.05) is 24.7 Å². The van der Waals surface area contributed by atoms with Crippen LogP contribution in [0.15, 0.2) is 52.6 Å². The van der Waals surface area contributed by atoms with Crippen molar-refractivity contribution in [2.24, 2.45) is 0 Å². The number of likely N-dealkylation sites (tertiary alicyclic amines) is 1. The third-order valence-corrected chi connectivity index (χ3v) is 6.57. The SMILES string of the molecule is C=CC(=O)N1CCC[C@@H](n2c(=O)n(-c3ccc(-c4noc(CCCCl)n4)cc3)c3c(N)ncnc32)C1. The molecule has 4 heterocycles. The number of benzene rings is 1. The normalized spacial score (nSPS) is 15.9. The summed E-state index contributed by atoms with van der Waals surface area (Å²) in [6, 6.07) is 6.95. The number of aryl methyl sites for hydroxylation is 1. The van der Waals surface area contributed by atoms with Gasteiger partial charge >= 0.3 is 5.69 Å². The van der Waals surface area contributed by atoms with Gasteiger partial charge in [0.05, 0.1) is 11.7 Å². The molecule has 2 N–H and O–H groups in total. The number of carbonyl (C=O) groups excluding carboxylic acids is 1. The van der Waals surface area contributed by atoms with Gasteiger partial charge in [0.2, 0.25) is 17.6 Å². The molecule has 0 radical (unpaired) electrons. The number of carbonyl (C=O) groups is 1. The molecule has 5 rings (SSSR count). The molecule has 1 aromatic carbocycles. The van der Waals surface area contributed by atoms with Gasteiger partial charge in [-0.1, -0.05) is 11.7 Å². The van der Waals surface area contributed by atoms with Crippen molar-refractivity contribution in [3.8, 4) is 17.1 Å². The molecule has 4 aromatic rings. The Morgan fingerprint density at radius 2 is 2.08 bits per heavy atom. The molecule has 0 spiro atoms. The van der Waals surface area contributed by atoms with Crippen molar-refractivity contribution in [1.82, 2.24) is 34.1 Å². The maximum atomic E-state index is 13.8. The quantitative estimate of drug-likeness (QED) is 0.297. The molecule has 186 valence electrons. The second-order valence-electron chi connectivity index (χ2n) is 8.55. The molecule has 0 aliphatic carbocycles. The number of nitrogens with two attached hydrogens (primary N) is 1. The Kier molecular flexibility index (Phi) is 6.55.